The number of hydrogen-bond acceptors (Lipinski definition) is 3. The second kappa shape index (κ2) is 5.67. The first kappa shape index (κ1) is 13.3. The van der Waals surface area contributed by atoms with E-state index in [1.54, 1.807) is 18.2 Å². The number of rotatable bonds is 4. The smallest absolute Gasteiger partial charge is 0.146 e. The molecule has 1 aliphatic heterocycles. The Labute approximate surface area is 108 Å². The molecule has 0 aromatic heterocycles. The van der Waals surface area contributed by atoms with E-state index < -0.39 is 0 Å². The number of nitrogens with one attached hydrogen (secondary N) is 1. The fourth-order valence-electron chi connectivity index (χ4n) is 2.47. The fraction of sp³-hybridized carbons (Fsp3) is 0.571. The zero-order valence-corrected chi connectivity index (χ0v) is 10.8. The predicted molar refractivity (Wildman–Crippen MR) is 71.2 cm³/mol. The Bertz CT molecular complexity index is 389. The first-order valence-corrected chi connectivity index (χ1v) is 6.55. The number of hydrogen-bond donors (Lipinski definition) is 2. The molecule has 4 heteroatoms. The van der Waals surface area contributed by atoms with E-state index in [-0.39, 0.29) is 18.0 Å². The van der Waals surface area contributed by atoms with Gasteiger partial charge in [0.25, 0.3) is 0 Å². The number of aliphatic hydroxyl groups is 1. The third-order valence-corrected chi connectivity index (χ3v) is 3.84. The fourth-order valence-corrected chi connectivity index (χ4v) is 2.47. The highest BCUT2D eigenvalue weighted by Crippen LogP contribution is 2.27. The van der Waals surface area contributed by atoms with Crippen LogP contribution in [0.2, 0.25) is 0 Å². The number of piperidine rings is 1. The molecule has 0 spiro atoms. The van der Waals surface area contributed by atoms with Gasteiger partial charge in [-0.1, -0.05) is 19.1 Å². The molecule has 0 atom stereocenters. The minimum absolute atomic E-state index is 0.0406. The van der Waals surface area contributed by atoms with E-state index in [0.29, 0.717) is 5.69 Å². The lowest BCUT2D eigenvalue weighted by molar-refractivity contribution is 0.122. The second-order valence-corrected chi connectivity index (χ2v) is 4.98. The molecular weight excluding hydrogens is 231 g/mol. The molecule has 0 radical (unpaired) electrons. The summed E-state index contributed by atoms with van der Waals surface area (Å²) in [5.74, 6) is -0.261. The van der Waals surface area contributed by atoms with Crippen LogP contribution in [0.4, 0.5) is 10.1 Å². The summed E-state index contributed by atoms with van der Waals surface area (Å²) in [5.41, 5.74) is 0.102. The third-order valence-electron chi connectivity index (χ3n) is 3.84. The van der Waals surface area contributed by atoms with E-state index in [1.165, 1.54) is 6.07 Å². The Morgan fingerprint density at radius 3 is 2.56 bits per heavy atom. The molecule has 1 aliphatic rings. The normalized spacial score (nSPS) is 19.7. The van der Waals surface area contributed by atoms with Crippen LogP contribution >= 0.6 is 0 Å². The average Bonchev–Trinajstić information content (AvgIpc) is 2.42. The lowest BCUT2D eigenvalue weighted by atomic mass is 9.88. The van der Waals surface area contributed by atoms with E-state index >= 15 is 0 Å². The summed E-state index contributed by atoms with van der Waals surface area (Å²) in [7, 11) is 0. The van der Waals surface area contributed by atoms with E-state index in [4.69, 9.17) is 0 Å². The Kier molecular flexibility index (Phi) is 4.19. The first-order chi connectivity index (χ1) is 8.69. The molecule has 1 aromatic rings. The number of benzene rings is 1. The molecular formula is C14H21FN2O. The summed E-state index contributed by atoms with van der Waals surface area (Å²) >= 11 is 0. The Morgan fingerprint density at radius 2 is 2.00 bits per heavy atom. The monoisotopic (exact) mass is 252 g/mol. The van der Waals surface area contributed by atoms with E-state index in [1.807, 2.05) is 0 Å². The Hall–Kier alpha value is -1.13. The summed E-state index contributed by atoms with van der Waals surface area (Å²) < 4.78 is 13.6. The van der Waals surface area contributed by atoms with Gasteiger partial charge in [-0.3, -0.25) is 0 Å². The van der Waals surface area contributed by atoms with Crippen LogP contribution in [0.1, 0.15) is 19.8 Å². The van der Waals surface area contributed by atoms with Gasteiger partial charge in [0.1, 0.15) is 5.82 Å². The second-order valence-electron chi connectivity index (χ2n) is 4.98. The lowest BCUT2D eigenvalue weighted by Crippen LogP contribution is -2.51. The van der Waals surface area contributed by atoms with Crippen molar-refractivity contribution in [1.29, 1.82) is 0 Å². The average molecular weight is 252 g/mol. The number of aliphatic hydroxyl groups excluding tert-OH is 1. The molecule has 0 unspecified atom stereocenters. The van der Waals surface area contributed by atoms with Crippen molar-refractivity contribution in [2.24, 2.45) is 0 Å². The topological polar surface area (TPSA) is 35.5 Å². The maximum absolute atomic E-state index is 13.6. The van der Waals surface area contributed by atoms with Crippen LogP contribution in [0, 0.1) is 5.82 Å². The molecule has 0 bridgehead atoms. The number of anilines is 1. The molecule has 0 saturated carbocycles. The van der Waals surface area contributed by atoms with Crippen LogP contribution in [-0.4, -0.2) is 41.8 Å². The van der Waals surface area contributed by atoms with Gasteiger partial charge in [-0.2, -0.15) is 0 Å². The molecule has 0 amide bonds. The largest absolute Gasteiger partial charge is 0.394 e. The van der Waals surface area contributed by atoms with Gasteiger partial charge in [0.2, 0.25) is 0 Å². The van der Waals surface area contributed by atoms with E-state index in [9.17, 15) is 9.50 Å². The predicted octanol–water partition coefficient (Wildman–Crippen LogP) is 2.08. The molecule has 18 heavy (non-hydrogen) atoms. The zero-order chi connectivity index (χ0) is 13.0. The molecule has 3 nitrogen and oxygen atoms in total. The highest BCUT2D eigenvalue weighted by atomic mass is 19.1. The minimum Gasteiger partial charge on any atom is -0.394 e. The molecule has 1 fully saturated rings. The lowest BCUT2D eigenvalue weighted by Gasteiger charge is -2.41. The summed E-state index contributed by atoms with van der Waals surface area (Å²) in [6.45, 7) is 5.09. The van der Waals surface area contributed by atoms with Crippen LogP contribution in [0.25, 0.3) is 0 Å². The summed E-state index contributed by atoms with van der Waals surface area (Å²) in [4.78, 5) is 2.34. The van der Waals surface area contributed by atoms with Crippen molar-refractivity contribution in [3.63, 3.8) is 0 Å². The van der Waals surface area contributed by atoms with Gasteiger partial charge in [-0.05, 0) is 31.5 Å². The van der Waals surface area contributed by atoms with Crippen molar-refractivity contribution in [2.75, 3.05) is 31.6 Å². The molecule has 2 rings (SSSR count). The van der Waals surface area contributed by atoms with Crippen molar-refractivity contribution < 1.29 is 9.50 Å². The quantitative estimate of drug-likeness (QED) is 0.861. The molecule has 100 valence electrons. The van der Waals surface area contributed by atoms with Crippen LogP contribution in [0.15, 0.2) is 24.3 Å². The van der Waals surface area contributed by atoms with Gasteiger partial charge in [0.15, 0.2) is 0 Å². The van der Waals surface area contributed by atoms with Gasteiger partial charge in [0, 0.05) is 13.1 Å². The maximum atomic E-state index is 13.6. The van der Waals surface area contributed by atoms with Gasteiger partial charge in [-0.25, -0.2) is 4.39 Å². The Morgan fingerprint density at radius 1 is 1.33 bits per heavy atom. The SMILES string of the molecule is CCN1CCC(CO)(Nc2ccccc2F)CC1. The van der Waals surface area contributed by atoms with Crippen LogP contribution in [0.5, 0.6) is 0 Å². The molecule has 1 saturated heterocycles. The van der Waals surface area contributed by atoms with Crippen molar-refractivity contribution in [3.05, 3.63) is 30.1 Å². The van der Waals surface area contributed by atoms with Gasteiger partial charge in [-0.15, -0.1) is 0 Å². The highest BCUT2D eigenvalue weighted by Gasteiger charge is 2.33. The van der Waals surface area contributed by atoms with E-state index in [0.717, 1.165) is 32.5 Å². The Balaban J connectivity index is 2.08. The molecule has 1 aromatic carbocycles. The summed E-state index contributed by atoms with van der Waals surface area (Å²) in [6.07, 6.45) is 1.68. The zero-order valence-electron chi connectivity index (χ0n) is 10.8. The minimum atomic E-state index is -0.381. The number of likely N-dealkylation sites (tertiary alicyclic amines) is 1. The standard InChI is InChI=1S/C14H21FN2O/c1-2-17-9-7-14(11-18,8-10-17)16-13-6-4-3-5-12(13)15/h3-6,16,18H,2,7-11H2,1H3. The van der Waals surface area contributed by atoms with Gasteiger partial charge in [0.05, 0.1) is 17.8 Å². The summed E-state index contributed by atoms with van der Waals surface area (Å²) in [5, 5.41) is 12.9. The van der Waals surface area contributed by atoms with Crippen molar-refractivity contribution in [2.45, 2.75) is 25.3 Å². The van der Waals surface area contributed by atoms with Crippen molar-refractivity contribution in [1.82, 2.24) is 4.90 Å². The number of halogens is 1. The highest BCUT2D eigenvalue weighted by molar-refractivity contribution is 5.47. The van der Waals surface area contributed by atoms with Crippen LogP contribution < -0.4 is 5.32 Å². The van der Waals surface area contributed by atoms with Crippen LogP contribution in [-0.2, 0) is 0 Å². The molecule has 1 heterocycles. The van der Waals surface area contributed by atoms with Crippen LogP contribution in [0.3, 0.4) is 0 Å². The maximum Gasteiger partial charge on any atom is 0.146 e. The van der Waals surface area contributed by atoms with Gasteiger partial charge >= 0.3 is 0 Å². The van der Waals surface area contributed by atoms with Crippen molar-refractivity contribution in [3.8, 4) is 0 Å². The summed E-state index contributed by atoms with van der Waals surface area (Å²) in [6, 6.07) is 6.64. The number of nitrogens with zero attached hydrogens (tertiary/aromatic N) is 1. The van der Waals surface area contributed by atoms with Crippen molar-refractivity contribution >= 4 is 5.69 Å². The molecule has 0 aliphatic carbocycles. The third kappa shape index (κ3) is 2.82. The van der Waals surface area contributed by atoms with E-state index in [2.05, 4.69) is 17.1 Å². The number of para-hydroxylation sites is 1. The first-order valence-electron chi connectivity index (χ1n) is 6.55. The molecule has 2 N–H and O–H groups in total. The van der Waals surface area contributed by atoms with Gasteiger partial charge < -0.3 is 15.3 Å².